The van der Waals surface area contributed by atoms with Gasteiger partial charge in [-0.05, 0) is 59.1 Å². The summed E-state index contributed by atoms with van der Waals surface area (Å²) in [7, 11) is 0. The fraction of sp³-hybridized carbons (Fsp3) is 0.267. The van der Waals surface area contributed by atoms with E-state index in [0.717, 1.165) is 17.7 Å². The predicted molar refractivity (Wildman–Crippen MR) is 80.1 cm³/mol. The third kappa shape index (κ3) is 4.13. The molecule has 0 aliphatic carbocycles. The molecular weight excluding hydrogens is 322 g/mol. The van der Waals surface area contributed by atoms with Gasteiger partial charge in [-0.2, -0.15) is 0 Å². The van der Waals surface area contributed by atoms with E-state index in [1.54, 1.807) is 12.1 Å². The van der Waals surface area contributed by atoms with Crippen LogP contribution in [0.15, 0.2) is 45.5 Å². The van der Waals surface area contributed by atoms with Crippen molar-refractivity contribution in [1.29, 1.82) is 0 Å². The van der Waals surface area contributed by atoms with Gasteiger partial charge < -0.3 is 14.5 Å². The Morgan fingerprint density at radius 3 is 2.60 bits per heavy atom. The molecule has 0 saturated carbocycles. The Balaban J connectivity index is 1.79. The quantitative estimate of drug-likeness (QED) is 0.878. The van der Waals surface area contributed by atoms with Crippen LogP contribution in [0.1, 0.15) is 23.0 Å². The molecule has 0 saturated heterocycles. The maximum absolute atomic E-state index is 11.7. The largest absolute Gasteiger partial charge is 0.494 e. The predicted octanol–water partition coefficient (Wildman–Crippen LogP) is 3.41. The average Bonchev–Trinajstić information content (AvgIpc) is 2.88. The van der Waals surface area contributed by atoms with Crippen LogP contribution >= 0.6 is 15.9 Å². The fourth-order valence-corrected chi connectivity index (χ4v) is 2.07. The molecule has 1 amide bonds. The summed E-state index contributed by atoms with van der Waals surface area (Å²) in [5, 5.41) is 2.82. The van der Waals surface area contributed by atoms with E-state index in [1.165, 1.54) is 0 Å². The van der Waals surface area contributed by atoms with Gasteiger partial charge in [-0.25, -0.2) is 0 Å². The van der Waals surface area contributed by atoms with E-state index < -0.39 is 0 Å². The standard InChI is InChI=1S/C15H16BrNO3/c1-2-19-12-5-3-11(4-6-12)9-10-17-15(18)13-7-8-14(16)20-13/h3-8H,2,9-10H2,1H3,(H,17,18). The summed E-state index contributed by atoms with van der Waals surface area (Å²) in [6, 6.07) is 11.2. The third-order valence-corrected chi connectivity index (χ3v) is 3.16. The van der Waals surface area contributed by atoms with Gasteiger partial charge in [0.1, 0.15) is 5.75 Å². The molecule has 0 aliphatic rings. The zero-order chi connectivity index (χ0) is 14.4. The number of hydrogen-bond acceptors (Lipinski definition) is 3. The smallest absolute Gasteiger partial charge is 0.287 e. The van der Waals surface area contributed by atoms with Crippen LogP contribution in [-0.4, -0.2) is 19.1 Å². The monoisotopic (exact) mass is 337 g/mol. The normalized spacial score (nSPS) is 10.3. The lowest BCUT2D eigenvalue weighted by molar-refractivity contribution is 0.0925. The van der Waals surface area contributed by atoms with Crippen molar-refractivity contribution in [3.63, 3.8) is 0 Å². The topological polar surface area (TPSA) is 51.5 Å². The number of furan rings is 1. The van der Waals surface area contributed by atoms with E-state index in [2.05, 4.69) is 21.2 Å². The Hall–Kier alpha value is -1.75. The number of carbonyl (C=O) groups is 1. The van der Waals surface area contributed by atoms with Gasteiger partial charge in [0, 0.05) is 6.54 Å². The van der Waals surface area contributed by atoms with E-state index in [1.807, 2.05) is 31.2 Å². The summed E-state index contributed by atoms with van der Waals surface area (Å²) in [4.78, 5) is 11.7. The number of benzene rings is 1. The third-order valence-electron chi connectivity index (χ3n) is 2.73. The molecule has 0 aliphatic heterocycles. The summed E-state index contributed by atoms with van der Waals surface area (Å²) in [5.41, 5.74) is 1.15. The maximum Gasteiger partial charge on any atom is 0.287 e. The first kappa shape index (κ1) is 14.7. The molecule has 0 unspecified atom stereocenters. The van der Waals surface area contributed by atoms with Gasteiger partial charge in [-0.3, -0.25) is 4.79 Å². The van der Waals surface area contributed by atoms with Gasteiger partial charge in [0.2, 0.25) is 0 Å². The highest BCUT2D eigenvalue weighted by atomic mass is 79.9. The van der Waals surface area contributed by atoms with Crippen molar-refractivity contribution >= 4 is 21.8 Å². The lowest BCUT2D eigenvalue weighted by Crippen LogP contribution is -2.25. The number of carbonyl (C=O) groups excluding carboxylic acids is 1. The molecule has 5 heteroatoms. The Labute approximate surface area is 126 Å². The molecule has 0 atom stereocenters. The van der Waals surface area contributed by atoms with E-state index in [4.69, 9.17) is 9.15 Å². The minimum absolute atomic E-state index is 0.207. The number of ether oxygens (including phenoxy) is 1. The minimum atomic E-state index is -0.207. The number of halogens is 1. The van der Waals surface area contributed by atoms with Gasteiger partial charge in [-0.1, -0.05) is 12.1 Å². The average molecular weight is 338 g/mol. The minimum Gasteiger partial charge on any atom is -0.494 e. The van der Waals surface area contributed by atoms with Gasteiger partial charge in [0.15, 0.2) is 10.4 Å². The number of rotatable bonds is 6. The maximum atomic E-state index is 11.7. The van der Waals surface area contributed by atoms with Crippen molar-refractivity contribution < 1.29 is 13.9 Å². The Kier molecular flexibility index (Phi) is 5.24. The Bertz CT molecular complexity index is 563. The lowest BCUT2D eigenvalue weighted by atomic mass is 10.1. The van der Waals surface area contributed by atoms with Crippen LogP contribution in [0.2, 0.25) is 0 Å². The van der Waals surface area contributed by atoms with Crippen LogP contribution in [0.4, 0.5) is 0 Å². The fourth-order valence-electron chi connectivity index (χ4n) is 1.76. The van der Waals surface area contributed by atoms with Crippen LogP contribution in [0.3, 0.4) is 0 Å². The van der Waals surface area contributed by atoms with Crippen LogP contribution in [0.25, 0.3) is 0 Å². The molecule has 2 aromatic rings. The molecule has 0 bridgehead atoms. The number of amides is 1. The Morgan fingerprint density at radius 1 is 1.25 bits per heavy atom. The van der Waals surface area contributed by atoms with Crippen LogP contribution in [0.5, 0.6) is 5.75 Å². The molecular formula is C15H16BrNO3. The van der Waals surface area contributed by atoms with E-state index in [0.29, 0.717) is 23.6 Å². The molecule has 1 aromatic carbocycles. The lowest BCUT2D eigenvalue weighted by Gasteiger charge is -2.06. The molecule has 4 nitrogen and oxygen atoms in total. The highest BCUT2D eigenvalue weighted by molar-refractivity contribution is 9.10. The zero-order valence-electron chi connectivity index (χ0n) is 11.2. The van der Waals surface area contributed by atoms with Crippen molar-refractivity contribution in [2.75, 3.05) is 13.2 Å². The second-order valence-corrected chi connectivity index (χ2v) is 4.97. The van der Waals surface area contributed by atoms with Crippen LogP contribution < -0.4 is 10.1 Å². The van der Waals surface area contributed by atoms with Crippen molar-refractivity contribution in [2.24, 2.45) is 0 Å². The summed E-state index contributed by atoms with van der Waals surface area (Å²) >= 11 is 3.17. The molecule has 0 radical (unpaired) electrons. The number of hydrogen-bond donors (Lipinski definition) is 1. The number of nitrogens with one attached hydrogen (secondary N) is 1. The van der Waals surface area contributed by atoms with Gasteiger partial charge in [0.25, 0.3) is 5.91 Å². The second-order valence-electron chi connectivity index (χ2n) is 4.19. The van der Waals surface area contributed by atoms with Crippen LogP contribution in [-0.2, 0) is 6.42 Å². The van der Waals surface area contributed by atoms with Crippen LogP contribution in [0, 0.1) is 0 Å². The Morgan fingerprint density at radius 2 is 2.00 bits per heavy atom. The van der Waals surface area contributed by atoms with Gasteiger partial charge >= 0.3 is 0 Å². The molecule has 1 N–H and O–H groups in total. The summed E-state index contributed by atoms with van der Waals surface area (Å²) in [6.07, 6.45) is 0.764. The van der Waals surface area contributed by atoms with E-state index >= 15 is 0 Å². The molecule has 1 heterocycles. The van der Waals surface area contributed by atoms with Crippen molar-refractivity contribution in [1.82, 2.24) is 5.32 Å². The summed E-state index contributed by atoms with van der Waals surface area (Å²) < 4.78 is 11.1. The van der Waals surface area contributed by atoms with E-state index in [-0.39, 0.29) is 5.91 Å². The SMILES string of the molecule is CCOc1ccc(CCNC(=O)c2ccc(Br)o2)cc1. The molecule has 2 rings (SSSR count). The second kappa shape index (κ2) is 7.14. The highest BCUT2D eigenvalue weighted by Crippen LogP contribution is 2.14. The highest BCUT2D eigenvalue weighted by Gasteiger charge is 2.09. The first-order chi connectivity index (χ1) is 9.69. The van der Waals surface area contributed by atoms with Gasteiger partial charge in [-0.15, -0.1) is 0 Å². The molecule has 106 valence electrons. The van der Waals surface area contributed by atoms with E-state index in [9.17, 15) is 4.79 Å². The summed E-state index contributed by atoms with van der Waals surface area (Å²) in [5.74, 6) is 0.964. The van der Waals surface area contributed by atoms with Crippen molar-refractivity contribution in [3.8, 4) is 5.75 Å². The zero-order valence-corrected chi connectivity index (χ0v) is 12.8. The first-order valence-electron chi connectivity index (χ1n) is 6.44. The molecule has 0 fully saturated rings. The van der Waals surface area contributed by atoms with Crippen molar-refractivity contribution in [2.45, 2.75) is 13.3 Å². The summed E-state index contributed by atoms with van der Waals surface area (Å²) in [6.45, 7) is 3.18. The first-order valence-corrected chi connectivity index (χ1v) is 7.23. The molecule has 1 aromatic heterocycles. The van der Waals surface area contributed by atoms with Crippen molar-refractivity contribution in [3.05, 3.63) is 52.4 Å². The molecule has 20 heavy (non-hydrogen) atoms. The molecule has 0 spiro atoms. The van der Waals surface area contributed by atoms with Gasteiger partial charge in [0.05, 0.1) is 6.61 Å².